The third-order valence-electron chi connectivity index (χ3n) is 5.59. The molecule has 1 saturated heterocycles. The fourth-order valence-corrected chi connectivity index (χ4v) is 6.15. The SMILES string of the molecule is Cc1ccc(/C=C2/CSCC3=C2N=C2SCCN2C3c2ccc(C)cc2)cc1. The summed E-state index contributed by atoms with van der Waals surface area (Å²) in [5.41, 5.74) is 9.36. The van der Waals surface area contributed by atoms with Crippen molar-refractivity contribution >= 4 is 34.8 Å². The van der Waals surface area contributed by atoms with Crippen LogP contribution in [-0.2, 0) is 0 Å². The molecule has 3 heterocycles. The maximum atomic E-state index is 5.16. The highest BCUT2D eigenvalue weighted by atomic mass is 32.2. The van der Waals surface area contributed by atoms with Gasteiger partial charge in [-0.3, -0.25) is 0 Å². The standard InChI is InChI=1S/C24H24N2S2/c1-16-3-7-18(8-4-16)13-20-14-27-15-21-22(20)25-24-26(11-12-28-24)23(21)19-9-5-17(2)6-10-19/h3-10,13,23H,11-12,14-15H2,1-2H3/b20-13-. The molecule has 0 bridgehead atoms. The Morgan fingerprint density at radius 1 is 0.964 bits per heavy atom. The van der Waals surface area contributed by atoms with Crippen molar-refractivity contribution in [1.29, 1.82) is 0 Å². The molecule has 1 unspecified atom stereocenters. The van der Waals surface area contributed by atoms with Crippen LogP contribution in [0, 0.1) is 13.8 Å². The van der Waals surface area contributed by atoms with E-state index in [0.29, 0.717) is 6.04 Å². The number of aliphatic imine (C=N–C) groups is 1. The van der Waals surface area contributed by atoms with Gasteiger partial charge in [-0.05, 0) is 42.2 Å². The van der Waals surface area contributed by atoms with Crippen molar-refractivity contribution in [1.82, 2.24) is 4.90 Å². The van der Waals surface area contributed by atoms with Gasteiger partial charge in [0.05, 0.1) is 11.7 Å². The topological polar surface area (TPSA) is 15.6 Å². The third kappa shape index (κ3) is 3.33. The minimum atomic E-state index is 0.326. The summed E-state index contributed by atoms with van der Waals surface area (Å²) >= 11 is 3.92. The molecule has 3 aliphatic heterocycles. The van der Waals surface area contributed by atoms with E-state index >= 15 is 0 Å². The number of hydrogen-bond acceptors (Lipinski definition) is 4. The lowest BCUT2D eigenvalue weighted by Gasteiger charge is -2.38. The summed E-state index contributed by atoms with van der Waals surface area (Å²) in [6.07, 6.45) is 2.34. The Morgan fingerprint density at radius 3 is 2.43 bits per heavy atom. The first kappa shape index (κ1) is 18.1. The Balaban J connectivity index is 1.61. The highest BCUT2D eigenvalue weighted by Crippen LogP contribution is 2.45. The minimum Gasteiger partial charge on any atom is -0.339 e. The van der Waals surface area contributed by atoms with Crippen LogP contribution in [0.3, 0.4) is 0 Å². The Kier molecular flexibility index (Phi) is 4.85. The molecule has 142 valence electrons. The van der Waals surface area contributed by atoms with Gasteiger partial charge in [-0.2, -0.15) is 11.8 Å². The number of rotatable bonds is 2. The number of thioether (sulfide) groups is 2. The summed E-state index contributed by atoms with van der Waals surface area (Å²) in [6.45, 7) is 5.38. The van der Waals surface area contributed by atoms with Crippen LogP contribution in [0.25, 0.3) is 6.08 Å². The normalized spacial score (nSPS) is 22.9. The first-order chi connectivity index (χ1) is 13.7. The predicted molar refractivity (Wildman–Crippen MR) is 124 cm³/mol. The van der Waals surface area contributed by atoms with Gasteiger partial charge < -0.3 is 4.90 Å². The number of nitrogens with zero attached hydrogens (tertiary/aromatic N) is 2. The molecule has 0 amide bonds. The highest BCUT2D eigenvalue weighted by molar-refractivity contribution is 8.14. The van der Waals surface area contributed by atoms with E-state index in [2.05, 4.69) is 73.4 Å². The van der Waals surface area contributed by atoms with E-state index in [1.54, 1.807) is 0 Å². The molecule has 2 aromatic carbocycles. The second-order valence-corrected chi connectivity index (χ2v) is 9.74. The molecule has 4 heteroatoms. The Hall–Kier alpha value is -1.91. The molecule has 2 nitrogen and oxygen atoms in total. The lowest BCUT2D eigenvalue weighted by Crippen LogP contribution is -2.36. The van der Waals surface area contributed by atoms with Crippen molar-refractivity contribution in [2.75, 3.05) is 23.8 Å². The molecular formula is C24H24N2S2. The summed E-state index contributed by atoms with van der Waals surface area (Å²) in [6, 6.07) is 18.2. The Bertz CT molecular complexity index is 984. The van der Waals surface area contributed by atoms with Crippen molar-refractivity contribution in [3.63, 3.8) is 0 Å². The third-order valence-corrected chi connectivity index (χ3v) is 7.59. The second-order valence-electron chi connectivity index (χ2n) is 7.70. The van der Waals surface area contributed by atoms with Crippen molar-refractivity contribution in [3.05, 3.63) is 87.6 Å². The van der Waals surface area contributed by atoms with Gasteiger partial charge in [-0.25, -0.2) is 4.99 Å². The van der Waals surface area contributed by atoms with Crippen LogP contribution in [0.2, 0.25) is 0 Å². The van der Waals surface area contributed by atoms with E-state index < -0.39 is 0 Å². The zero-order valence-corrected chi connectivity index (χ0v) is 17.9. The average Bonchev–Trinajstić information content (AvgIpc) is 3.17. The highest BCUT2D eigenvalue weighted by Gasteiger charge is 2.38. The van der Waals surface area contributed by atoms with Crippen molar-refractivity contribution < 1.29 is 0 Å². The number of benzene rings is 2. The molecule has 1 fully saturated rings. The fraction of sp³-hybridized carbons (Fsp3) is 0.292. The first-order valence-electron chi connectivity index (χ1n) is 9.82. The molecule has 5 rings (SSSR count). The summed E-state index contributed by atoms with van der Waals surface area (Å²) < 4.78 is 0. The lowest BCUT2D eigenvalue weighted by atomic mass is 9.92. The lowest BCUT2D eigenvalue weighted by molar-refractivity contribution is 0.378. The van der Waals surface area contributed by atoms with E-state index in [-0.39, 0.29) is 0 Å². The predicted octanol–water partition coefficient (Wildman–Crippen LogP) is 5.85. The molecule has 0 saturated carbocycles. The van der Waals surface area contributed by atoms with Gasteiger partial charge in [0, 0.05) is 23.8 Å². The zero-order chi connectivity index (χ0) is 19.1. The van der Waals surface area contributed by atoms with E-state index in [4.69, 9.17) is 4.99 Å². The molecule has 28 heavy (non-hydrogen) atoms. The quantitative estimate of drug-likeness (QED) is 0.625. The van der Waals surface area contributed by atoms with Crippen LogP contribution in [-0.4, -0.2) is 33.9 Å². The summed E-state index contributed by atoms with van der Waals surface area (Å²) in [7, 11) is 0. The van der Waals surface area contributed by atoms with Gasteiger partial charge in [0.25, 0.3) is 0 Å². The van der Waals surface area contributed by atoms with Gasteiger partial charge in [-0.15, -0.1) is 0 Å². The van der Waals surface area contributed by atoms with E-state index in [9.17, 15) is 0 Å². The largest absolute Gasteiger partial charge is 0.339 e. The van der Waals surface area contributed by atoms with Crippen LogP contribution < -0.4 is 0 Å². The smallest absolute Gasteiger partial charge is 0.165 e. The van der Waals surface area contributed by atoms with E-state index in [1.165, 1.54) is 44.3 Å². The molecular weight excluding hydrogens is 380 g/mol. The van der Waals surface area contributed by atoms with E-state index in [0.717, 1.165) is 23.8 Å². The number of hydrogen-bond donors (Lipinski definition) is 0. The average molecular weight is 405 g/mol. The van der Waals surface area contributed by atoms with Gasteiger partial charge in [0.1, 0.15) is 0 Å². The summed E-state index contributed by atoms with van der Waals surface area (Å²) in [5, 5.41) is 1.20. The molecule has 0 N–H and O–H groups in total. The maximum absolute atomic E-state index is 5.16. The molecule has 0 spiro atoms. The van der Waals surface area contributed by atoms with E-state index in [1.807, 2.05) is 23.5 Å². The Labute approximate surface area is 175 Å². The van der Waals surface area contributed by atoms with Gasteiger partial charge in [0.15, 0.2) is 5.17 Å². The van der Waals surface area contributed by atoms with Crippen LogP contribution in [0.4, 0.5) is 0 Å². The monoisotopic (exact) mass is 404 g/mol. The molecule has 2 aromatic rings. The molecule has 1 atom stereocenters. The number of amidine groups is 1. The van der Waals surface area contributed by atoms with Crippen LogP contribution in [0.15, 0.2) is 70.4 Å². The van der Waals surface area contributed by atoms with Crippen LogP contribution in [0.1, 0.15) is 28.3 Å². The van der Waals surface area contributed by atoms with Crippen molar-refractivity contribution in [2.24, 2.45) is 4.99 Å². The number of allylic oxidation sites excluding steroid dienone is 1. The maximum Gasteiger partial charge on any atom is 0.165 e. The van der Waals surface area contributed by atoms with Crippen molar-refractivity contribution in [3.8, 4) is 0 Å². The Morgan fingerprint density at radius 2 is 1.68 bits per heavy atom. The minimum absolute atomic E-state index is 0.326. The van der Waals surface area contributed by atoms with Gasteiger partial charge in [-0.1, -0.05) is 71.4 Å². The molecule has 3 aliphatic rings. The summed E-state index contributed by atoms with van der Waals surface area (Å²) in [5.74, 6) is 3.23. The van der Waals surface area contributed by atoms with Crippen molar-refractivity contribution in [2.45, 2.75) is 19.9 Å². The number of fused-ring (bicyclic) bond motifs is 1. The summed E-state index contributed by atoms with van der Waals surface area (Å²) in [4.78, 5) is 7.68. The van der Waals surface area contributed by atoms with Crippen LogP contribution >= 0.6 is 23.5 Å². The zero-order valence-electron chi connectivity index (χ0n) is 16.3. The van der Waals surface area contributed by atoms with Gasteiger partial charge >= 0.3 is 0 Å². The second kappa shape index (κ2) is 7.49. The van der Waals surface area contributed by atoms with Crippen LogP contribution in [0.5, 0.6) is 0 Å². The number of aryl methyl sites for hydroxylation is 2. The molecule has 0 aromatic heterocycles. The molecule has 0 aliphatic carbocycles. The van der Waals surface area contributed by atoms with Gasteiger partial charge in [0.2, 0.25) is 0 Å². The first-order valence-corrected chi connectivity index (χ1v) is 12.0. The molecule has 0 radical (unpaired) electrons. The fourth-order valence-electron chi connectivity index (χ4n) is 4.10.